The van der Waals surface area contributed by atoms with Crippen molar-refractivity contribution >= 4 is 38.8 Å². The van der Waals surface area contributed by atoms with E-state index in [2.05, 4.69) is 9.88 Å². The van der Waals surface area contributed by atoms with Gasteiger partial charge in [0.15, 0.2) is 0 Å². The summed E-state index contributed by atoms with van der Waals surface area (Å²) in [6.07, 6.45) is 0. The van der Waals surface area contributed by atoms with Crippen LogP contribution in [0.3, 0.4) is 0 Å². The summed E-state index contributed by atoms with van der Waals surface area (Å²) in [4.78, 5) is 22.7. The molecule has 0 aliphatic carbocycles. The zero-order chi connectivity index (χ0) is 18.3. The quantitative estimate of drug-likeness (QED) is 0.752. The minimum absolute atomic E-state index is 0.0399. The zero-order valence-corrected chi connectivity index (χ0v) is 15.2. The first-order valence-electron chi connectivity index (χ1n) is 8.48. The van der Waals surface area contributed by atoms with Crippen molar-refractivity contribution in [3.63, 3.8) is 0 Å². The number of nitrogen functional groups attached to an aromatic ring is 1. The second-order valence-corrected chi connectivity index (χ2v) is 7.40. The van der Waals surface area contributed by atoms with Crippen molar-refractivity contribution in [1.82, 2.24) is 9.88 Å². The number of nitrogens with two attached hydrogens (primary N) is 1. The number of fused-ring (bicyclic) bond motifs is 1. The van der Waals surface area contributed by atoms with Gasteiger partial charge >= 0.3 is 0 Å². The average Bonchev–Trinajstić information content (AvgIpc) is 2.98. The number of hydrogen-bond acceptors (Lipinski definition) is 5. The third kappa shape index (κ3) is 2.99. The fourth-order valence-electron chi connectivity index (χ4n) is 3.21. The largest absolute Gasteiger partial charge is 0.397 e. The molecule has 3 aromatic rings. The monoisotopic (exact) mass is 370 g/mol. The number of halogens is 1. The number of aryl methyl sites for hydroxylation is 1. The summed E-state index contributed by atoms with van der Waals surface area (Å²) in [5.74, 6) is -0.284. The molecule has 0 spiro atoms. The van der Waals surface area contributed by atoms with Gasteiger partial charge in [0, 0.05) is 42.9 Å². The second-order valence-electron chi connectivity index (χ2n) is 6.41. The van der Waals surface area contributed by atoms with E-state index in [0.29, 0.717) is 36.7 Å². The summed E-state index contributed by atoms with van der Waals surface area (Å²) >= 11 is 1.36. The molecule has 3 heterocycles. The van der Waals surface area contributed by atoms with Gasteiger partial charge in [0.25, 0.3) is 5.91 Å². The Morgan fingerprint density at radius 2 is 1.81 bits per heavy atom. The number of piperazine rings is 1. The molecule has 1 aromatic carbocycles. The topological polar surface area (TPSA) is 62.5 Å². The van der Waals surface area contributed by atoms with Crippen molar-refractivity contribution in [3.8, 4) is 0 Å². The van der Waals surface area contributed by atoms with Crippen molar-refractivity contribution in [2.45, 2.75) is 6.92 Å². The average molecular weight is 370 g/mol. The summed E-state index contributed by atoms with van der Waals surface area (Å²) in [7, 11) is 0. The predicted octanol–water partition coefficient (Wildman–Crippen LogP) is 3.29. The molecule has 0 saturated carbocycles. The number of aromatic nitrogens is 1. The van der Waals surface area contributed by atoms with Gasteiger partial charge in [-0.05, 0) is 43.3 Å². The number of rotatable bonds is 2. The van der Waals surface area contributed by atoms with Crippen LogP contribution in [0.25, 0.3) is 10.2 Å². The van der Waals surface area contributed by atoms with Crippen LogP contribution in [-0.2, 0) is 0 Å². The highest BCUT2D eigenvalue weighted by molar-refractivity contribution is 7.21. The number of carbonyl (C=O) groups is 1. The van der Waals surface area contributed by atoms with Gasteiger partial charge in [-0.1, -0.05) is 0 Å². The van der Waals surface area contributed by atoms with Gasteiger partial charge in [-0.3, -0.25) is 4.79 Å². The Balaban J connectivity index is 1.50. The molecule has 1 fully saturated rings. The second kappa shape index (κ2) is 6.57. The molecule has 2 aromatic heterocycles. The number of carbonyl (C=O) groups excluding carboxylic acids is 1. The van der Waals surface area contributed by atoms with E-state index in [-0.39, 0.29) is 11.7 Å². The van der Waals surface area contributed by atoms with Crippen LogP contribution in [0.2, 0.25) is 0 Å². The summed E-state index contributed by atoms with van der Waals surface area (Å²) in [5, 5.41) is 0.842. The van der Waals surface area contributed by atoms with E-state index in [1.54, 1.807) is 12.1 Å². The molecule has 0 radical (unpaired) electrons. The van der Waals surface area contributed by atoms with Crippen LogP contribution >= 0.6 is 11.3 Å². The Bertz CT molecular complexity index is 962. The molecule has 1 aliphatic heterocycles. The smallest absolute Gasteiger partial charge is 0.266 e. The Morgan fingerprint density at radius 1 is 1.12 bits per heavy atom. The van der Waals surface area contributed by atoms with Crippen LogP contribution < -0.4 is 10.6 Å². The Hall–Kier alpha value is -2.67. The summed E-state index contributed by atoms with van der Waals surface area (Å²) in [5.41, 5.74) is 8.60. The highest BCUT2D eigenvalue weighted by atomic mass is 32.1. The molecule has 1 saturated heterocycles. The normalized spacial score (nSPS) is 14.8. The Labute approximate surface area is 154 Å². The van der Waals surface area contributed by atoms with Gasteiger partial charge in [-0.15, -0.1) is 11.3 Å². The lowest BCUT2D eigenvalue weighted by Gasteiger charge is -2.36. The van der Waals surface area contributed by atoms with Crippen molar-refractivity contribution in [1.29, 1.82) is 0 Å². The van der Waals surface area contributed by atoms with E-state index >= 15 is 0 Å². The Kier molecular flexibility index (Phi) is 4.24. The van der Waals surface area contributed by atoms with Crippen molar-refractivity contribution in [2.24, 2.45) is 0 Å². The minimum Gasteiger partial charge on any atom is -0.397 e. The first-order valence-corrected chi connectivity index (χ1v) is 9.30. The first-order chi connectivity index (χ1) is 12.5. The fourth-order valence-corrected chi connectivity index (χ4v) is 4.32. The number of amides is 1. The summed E-state index contributed by atoms with van der Waals surface area (Å²) in [6, 6.07) is 10.3. The Morgan fingerprint density at radius 3 is 2.50 bits per heavy atom. The van der Waals surface area contributed by atoms with E-state index in [1.165, 1.54) is 23.5 Å². The SMILES string of the molecule is Cc1ccc2c(N)c(C(=O)N3CCN(c4ccc(F)cc4)CC3)sc2n1. The van der Waals surface area contributed by atoms with Gasteiger partial charge in [0.2, 0.25) is 0 Å². The first kappa shape index (κ1) is 16.8. The van der Waals surface area contributed by atoms with E-state index in [1.807, 2.05) is 24.0 Å². The molecule has 5 nitrogen and oxygen atoms in total. The molecule has 134 valence electrons. The van der Waals surface area contributed by atoms with E-state index in [9.17, 15) is 9.18 Å². The summed E-state index contributed by atoms with van der Waals surface area (Å²) < 4.78 is 13.1. The van der Waals surface area contributed by atoms with Crippen molar-refractivity contribution in [3.05, 3.63) is 52.8 Å². The van der Waals surface area contributed by atoms with E-state index in [4.69, 9.17) is 5.73 Å². The molecule has 2 N–H and O–H groups in total. The van der Waals surface area contributed by atoms with Gasteiger partial charge in [0.1, 0.15) is 15.5 Å². The molecule has 0 unspecified atom stereocenters. The molecular formula is C19H19FN4OS. The number of nitrogens with zero attached hydrogens (tertiary/aromatic N) is 3. The molecule has 0 atom stereocenters. The number of pyridine rings is 1. The molecule has 1 amide bonds. The highest BCUT2D eigenvalue weighted by Gasteiger charge is 2.26. The van der Waals surface area contributed by atoms with Crippen LogP contribution in [0.5, 0.6) is 0 Å². The maximum atomic E-state index is 13.1. The van der Waals surface area contributed by atoms with Gasteiger partial charge < -0.3 is 15.5 Å². The maximum absolute atomic E-state index is 13.1. The van der Waals surface area contributed by atoms with Gasteiger partial charge in [0.05, 0.1) is 5.69 Å². The molecule has 26 heavy (non-hydrogen) atoms. The maximum Gasteiger partial charge on any atom is 0.266 e. The number of anilines is 2. The molecular weight excluding hydrogens is 351 g/mol. The molecule has 1 aliphatic rings. The molecule has 4 rings (SSSR count). The third-order valence-electron chi connectivity index (χ3n) is 4.69. The lowest BCUT2D eigenvalue weighted by atomic mass is 10.2. The number of benzene rings is 1. The third-order valence-corrected chi connectivity index (χ3v) is 5.79. The fraction of sp³-hybridized carbons (Fsp3) is 0.263. The molecule has 0 bridgehead atoms. The van der Waals surface area contributed by atoms with E-state index in [0.717, 1.165) is 21.6 Å². The molecule has 7 heteroatoms. The zero-order valence-electron chi connectivity index (χ0n) is 14.4. The summed E-state index contributed by atoms with van der Waals surface area (Å²) in [6.45, 7) is 4.55. The van der Waals surface area contributed by atoms with Crippen LogP contribution in [-0.4, -0.2) is 42.0 Å². The van der Waals surface area contributed by atoms with Crippen molar-refractivity contribution < 1.29 is 9.18 Å². The van der Waals surface area contributed by atoms with Crippen LogP contribution in [0.15, 0.2) is 36.4 Å². The highest BCUT2D eigenvalue weighted by Crippen LogP contribution is 2.33. The van der Waals surface area contributed by atoms with Gasteiger partial charge in [-0.2, -0.15) is 0 Å². The van der Waals surface area contributed by atoms with Gasteiger partial charge in [-0.25, -0.2) is 9.37 Å². The van der Waals surface area contributed by atoms with Crippen LogP contribution in [0.1, 0.15) is 15.4 Å². The van der Waals surface area contributed by atoms with Crippen LogP contribution in [0.4, 0.5) is 15.8 Å². The predicted molar refractivity (Wildman–Crippen MR) is 103 cm³/mol. The minimum atomic E-state index is -0.244. The standard InChI is InChI=1S/C19H19FN4OS/c1-12-2-7-15-16(21)17(26-18(15)22-12)19(25)24-10-8-23(9-11-24)14-5-3-13(20)4-6-14/h2-7H,8-11,21H2,1H3. The van der Waals surface area contributed by atoms with Crippen molar-refractivity contribution in [2.75, 3.05) is 36.8 Å². The van der Waals surface area contributed by atoms with Crippen LogP contribution in [0, 0.1) is 12.7 Å². The number of hydrogen-bond donors (Lipinski definition) is 1. The van der Waals surface area contributed by atoms with E-state index < -0.39 is 0 Å². The lowest BCUT2D eigenvalue weighted by molar-refractivity contribution is 0.0752. The lowest BCUT2D eigenvalue weighted by Crippen LogP contribution is -2.48. The number of thiophene rings is 1.